The number of amides is 1. The minimum absolute atomic E-state index is 0.114. The van der Waals surface area contributed by atoms with Gasteiger partial charge in [-0.2, -0.15) is 0 Å². The van der Waals surface area contributed by atoms with E-state index in [4.69, 9.17) is 9.47 Å². The summed E-state index contributed by atoms with van der Waals surface area (Å²) >= 11 is 0. The number of carbonyl (C=O) groups is 1. The van der Waals surface area contributed by atoms with Crippen LogP contribution < -0.4 is 0 Å². The van der Waals surface area contributed by atoms with Gasteiger partial charge in [-0.25, -0.2) is 0 Å². The average Bonchev–Trinajstić information content (AvgIpc) is 3.07. The maximum atomic E-state index is 12.8. The van der Waals surface area contributed by atoms with Gasteiger partial charge in [0.25, 0.3) is 5.91 Å². The summed E-state index contributed by atoms with van der Waals surface area (Å²) in [6, 6.07) is 7.79. The summed E-state index contributed by atoms with van der Waals surface area (Å²) in [5.74, 6) is 0.114. The Hall–Kier alpha value is -1.85. The van der Waals surface area contributed by atoms with Crippen molar-refractivity contribution in [3.05, 3.63) is 36.0 Å². The first-order chi connectivity index (χ1) is 11.3. The van der Waals surface area contributed by atoms with Crippen molar-refractivity contribution in [2.24, 2.45) is 0 Å². The quantitative estimate of drug-likeness (QED) is 0.834. The number of benzene rings is 1. The molecule has 1 aliphatic heterocycles. The Morgan fingerprint density at radius 1 is 1.26 bits per heavy atom. The maximum Gasteiger partial charge on any atom is 0.254 e. The number of piperidine rings is 1. The summed E-state index contributed by atoms with van der Waals surface area (Å²) in [7, 11) is 0. The SMILES string of the molecule is CCOCCOC1CCN(C(=O)c2cccc3[nH]ccc23)CC1. The molecule has 0 radical (unpaired) electrons. The summed E-state index contributed by atoms with van der Waals surface area (Å²) in [5, 5.41) is 0.993. The van der Waals surface area contributed by atoms with Gasteiger partial charge in [0, 0.05) is 42.4 Å². The number of fused-ring (bicyclic) bond motifs is 1. The molecule has 1 N–H and O–H groups in total. The van der Waals surface area contributed by atoms with Crippen LogP contribution in [0.3, 0.4) is 0 Å². The highest BCUT2D eigenvalue weighted by atomic mass is 16.5. The Kier molecular flexibility index (Phi) is 5.31. The molecule has 23 heavy (non-hydrogen) atoms. The van der Waals surface area contributed by atoms with Crippen molar-refractivity contribution in [1.29, 1.82) is 0 Å². The van der Waals surface area contributed by atoms with Gasteiger partial charge in [0.05, 0.1) is 19.3 Å². The highest BCUT2D eigenvalue weighted by Crippen LogP contribution is 2.22. The second kappa shape index (κ2) is 7.62. The minimum Gasteiger partial charge on any atom is -0.379 e. The number of hydrogen-bond acceptors (Lipinski definition) is 3. The molecule has 0 atom stereocenters. The average molecular weight is 316 g/mol. The van der Waals surface area contributed by atoms with Crippen molar-refractivity contribution in [2.45, 2.75) is 25.9 Å². The lowest BCUT2D eigenvalue weighted by Crippen LogP contribution is -2.41. The smallest absolute Gasteiger partial charge is 0.254 e. The topological polar surface area (TPSA) is 54.6 Å². The van der Waals surface area contributed by atoms with Crippen LogP contribution in [-0.4, -0.2) is 54.8 Å². The van der Waals surface area contributed by atoms with Gasteiger partial charge in [-0.05, 0) is 38.0 Å². The monoisotopic (exact) mass is 316 g/mol. The predicted octanol–water partition coefficient (Wildman–Crippen LogP) is 2.83. The predicted molar refractivity (Wildman–Crippen MR) is 89.7 cm³/mol. The van der Waals surface area contributed by atoms with Crippen LogP contribution in [0.1, 0.15) is 30.1 Å². The summed E-state index contributed by atoms with van der Waals surface area (Å²) in [6.45, 7) is 5.48. The van der Waals surface area contributed by atoms with Crippen LogP contribution in [0.5, 0.6) is 0 Å². The van der Waals surface area contributed by atoms with Gasteiger partial charge in [-0.15, -0.1) is 0 Å². The van der Waals surface area contributed by atoms with Crippen molar-refractivity contribution >= 4 is 16.8 Å². The lowest BCUT2D eigenvalue weighted by Gasteiger charge is -2.32. The first kappa shape index (κ1) is 16.0. The molecule has 0 aliphatic carbocycles. The summed E-state index contributed by atoms with van der Waals surface area (Å²) in [4.78, 5) is 17.9. The van der Waals surface area contributed by atoms with E-state index >= 15 is 0 Å². The number of rotatable bonds is 6. The second-order valence-corrected chi connectivity index (χ2v) is 5.80. The van der Waals surface area contributed by atoms with Crippen LogP contribution in [0.2, 0.25) is 0 Å². The number of aromatic nitrogens is 1. The van der Waals surface area contributed by atoms with E-state index in [1.54, 1.807) is 0 Å². The molecule has 1 saturated heterocycles. The van der Waals surface area contributed by atoms with E-state index in [9.17, 15) is 4.79 Å². The number of nitrogens with zero attached hydrogens (tertiary/aromatic N) is 1. The van der Waals surface area contributed by atoms with Gasteiger partial charge < -0.3 is 19.4 Å². The molecule has 0 saturated carbocycles. The first-order valence-corrected chi connectivity index (χ1v) is 8.34. The lowest BCUT2D eigenvalue weighted by atomic mass is 10.0. The Bertz CT molecular complexity index is 645. The van der Waals surface area contributed by atoms with Crippen LogP contribution >= 0.6 is 0 Å². The lowest BCUT2D eigenvalue weighted by molar-refractivity contribution is -0.0182. The molecule has 5 heteroatoms. The fourth-order valence-electron chi connectivity index (χ4n) is 3.09. The molecular formula is C18H24N2O3. The van der Waals surface area contributed by atoms with Crippen molar-refractivity contribution < 1.29 is 14.3 Å². The van der Waals surface area contributed by atoms with Gasteiger partial charge in [-0.1, -0.05) is 6.07 Å². The van der Waals surface area contributed by atoms with Crippen LogP contribution in [0.15, 0.2) is 30.5 Å². The fraction of sp³-hybridized carbons (Fsp3) is 0.500. The number of hydrogen-bond donors (Lipinski definition) is 1. The molecule has 1 aliphatic rings. The Morgan fingerprint density at radius 2 is 2.09 bits per heavy atom. The molecule has 3 rings (SSSR count). The van der Waals surface area contributed by atoms with Crippen molar-refractivity contribution in [3.8, 4) is 0 Å². The summed E-state index contributed by atoms with van der Waals surface area (Å²) in [6.07, 6.45) is 3.89. The van der Waals surface area contributed by atoms with E-state index in [-0.39, 0.29) is 12.0 Å². The van der Waals surface area contributed by atoms with Gasteiger partial charge in [0.2, 0.25) is 0 Å². The van der Waals surface area contributed by atoms with E-state index in [0.29, 0.717) is 13.2 Å². The molecular weight excluding hydrogens is 292 g/mol. The third-order valence-corrected chi connectivity index (χ3v) is 4.34. The third kappa shape index (κ3) is 3.74. The van der Waals surface area contributed by atoms with Gasteiger partial charge >= 0.3 is 0 Å². The number of likely N-dealkylation sites (tertiary alicyclic amines) is 1. The normalized spacial score (nSPS) is 16.1. The molecule has 2 heterocycles. The standard InChI is InChI=1S/C18H24N2O3/c1-2-22-12-13-23-14-7-10-20(11-8-14)18(21)16-4-3-5-17-15(16)6-9-19-17/h3-6,9,14,19H,2,7-8,10-13H2,1H3. The molecule has 124 valence electrons. The minimum atomic E-state index is 0.114. The van der Waals surface area contributed by atoms with Crippen molar-refractivity contribution in [2.75, 3.05) is 32.9 Å². The number of ether oxygens (including phenoxy) is 2. The first-order valence-electron chi connectivity index (χ1n) is 8.34. The van der Waals surface area contributed by atoms with E-state index in [2.05, 4.69) is 4.98 Å². The van der Waals surface area contributed by atoms with Crippen LogP contribution in [0.25, 0.3) is 10.9 Å². The number of nitrogens with one attached hydrogen (secondary N) is 1. The van der Waals surface area contributed by atoms with Crippen LogP contribution in [0.4, 0.5) is 0 Å². The van der Waals surface area contributed by atoms with Crippen LogP contribution in [0, 0.1) is 0 Å². The van der Waals surface area contributed by atoms with E-state index in [1.165, 1.54) is 0 Å². The van der Waals surface area contributed by atoms with E-state index in [0.717, 1.165) is 49.0 Å². The number of aromatic amines is 1. The molecule has 1 amide bonds. The molecule has 0 unspecified atom stereocenters. The highest BCUT2D eigenvalue weighted by Gasteiger charge is 2.25. The molecule has 1 aromatic heterocycles. The molecule has 5 nitrogen and oxygen atoms in total. The Morgan fingerprint density at radius 3 is 2.87 bits per heavy atom. The Balaban J connectivity index is 1.55. The van der Waals surface area contributed by atoms with Gasteiger partial charge in [0.1, 0.15) is 0 Å². The van der Waals surface area contributed by atoms with Crippen molar-refractivity contribution in [3.63, 3.8) is 0 Å². The number of H-pyrrole nitrogens is 1. The second-order valence-electron chi connectivity index (χ2n) is 5.80. The largest absolute Gasteiger partial charge is 0.379 e. The van der Waals surface area contributed by atoms with Gasteiger partial charge in [0.15, 0.2) is 0 Å². The number of carbonyl (C=O) groups excluding carboxylic acids is 1. The maximum absolute atomic E-state index is 12.8. The molecule has 1 fully saturated rings. The Labute approximate surface area is 136 Å². The third-order valence-electron chi connectivity index (χ3n) is 4.34. The molecule has 0 spiro atoms. The zero-order valence-corrected chi connectivity index (χ0v) is 13.6. The van der Waals surface area contributed by atoms with Crippen LogP contribution in [-0.2, 0) is 9.47 Å². The van der Waals surface area contributed by atoms with Crippen molar-refractivity contribution in [1.82, 2.24) is 9.88 Å². The fourth-order valence-corrected chi connectivity index (χ4v) is 3.09. The highest BCUT2D eigenvalue weighted by molar-refractivity contribution is 6.06. The molecule has 1 aromatic carbocycles. The van der Waals surface area contributed by atoms with E-state index in [1.807, 2.05) is 42.3 Å². The molecule has 2 aromatic rings. The summed E-state index contributed by atoms with van der Waals surface area (Å²) < 4.78 is 11.1. The zero-order valence-electron chi connectivity index (χ0n) is 13.6. The zero-order chi connectivity index (χ0) is 16.1. The summed E-state index contributed by atoms with van der Waals surface area (Å²) in [5.41, 5.74) is 1.78. The van der Waals surface area contributed by atoms with Gasteiger partial charge in [-0.3, -0.25) is 4.79 Å². The molecule has 0 bridgehead atoms. The van der Waals surface area contributed by atoms with E-state index < -0.39 is 0 Å².